The van der Waals surface area contributed by atoms with Crippen molar-refractivity contribution in [3.8, 4) is 0 Å². The summed E-state index contributed by atoms with van der Waals surface area (Å²) in [6.07, 6.45) is 5.43. The molecule has 0 aliphatic carbocycles. The van der Waals surface area contributed by atoms with Gasteiger partial charge in [-0.05, 0) is 97.6 Å². The molecular weight excluding hydrogens is 902 g/mol. The maximum absolute atomic E-state index is 12.3. The van der Waals surface area contributed by atoms with Gasteiger partial charge in [0.2, 0.25) is 20.0 Å². The number of urea groups is 2. The summed E-state index contributed by atoms with van der Waals surface area (Å²) in [4.78, 5) is 38.4. The second kappa shape index (κ2) is 19.8. The van der Waals surface area contributed by atoms with E-state index in [4.69, 9.17) is 0 Å². The van der Waals surface area contributed by atoms with Crippen LogP contribution in [0.3, 0.4) is 0 Å². The predicted molar refractivity (Wildman–Crippen MR) is 209 cm³/mol. The van der Waals surface area contributed by atoms with Gasteiger partial charge < -0.3 is 30.6 Å². The van der Waals surface area contributed by atoms with Crippen molar-refractivity contribution >= 4 is 75.4 Å². The second-order valence-corrected chi connectivity index (χ2v) is 17.6. The van der Waals surface area contributed by atoms with Crippen molar-refractivity contribution in [3.63, 3.8) is 0 Å². The molecule has 2 heterocycles. The van der Waals surface area contributed by atoms with Crippen LogP contribution in [0.4, 0.5) is 32.9 Å². The number of nitrogens with one attached hydrogen (secondary N) is 4. The van der Waals surface area contributed by atoms with Crippen LogP contribution in [0.25, 0.3) is 9.44 Å². The van der Waals surface area contributed by atoms with E-state index in [1.54, 1.807) is 12.1 Å². The number of carbonyl (C=O) groups excluding carboxylic acids is 2. The van der Waals surface area contributed by atoms with Crippen LogP contribution in [-0.4, -0.2) is 65.7 Å². The number of rotatable bonds is 12. The fraction of sp³-hybridized carbons (Fsp3) is 0. The molecule has 4 N–H and O–H groups in total. The average molecular weight is 930 g/mol. The fourth-order valence-electron chi connectivity index (χ4n) is 4.29. The monoisotopic (exact) mass is 928 g/mol. The Morgan fingerprint density at radius 1 is 0.407 bits per heavy atom. The Balaban J connectivity index is 0.000000256. The number of amides is 4. The first-order valence-electron chi connectivity index (χ1n) is 16.0. The van der Waals surface area contributed by atoms with Crippen molar-refractivity contribution in [3.05, 3.63) is 156 Å². The molecule has 0 bridgehead atoms. The molecule has 0 unspecified atom stereocenters. The van der Waals surface area contributed by atoms with Gasteiger partial charge in [0.1, 0.15) is 0 Å². The van der Waals surface area contributed by atoms with Crippen LogP contribution in [0.15, 0.2) is 166 Å². The summed E-state index contributed by atoms with van der Waals surface area (Å²) in [6.45, 7) is 0. The third-order valence-corrected chi connectivity index (χ3v) is 12.1. The molecule has 4 amide bonds. The van der Waals surface area contributed by atoms with Crippen LogP contribution in [0, 0.1) is 0 Å². The molecule has 25 heteroatoms. The summed E-state index contributed by atoms with van der Waals surface area (Å²) < 4.78 is 108. The average Bonchev–Trinajstić information content (AvgIpc) is 3.19. The Labute approximate surface area is 351 Å². The number of benzene rings is 4. The van der Waals surface area contributed by atoms with Gasteiger partial charge in [-0.1, -0.05) is 48.5 Å². The predicted octanol–water partition coefficient (Wildman–Crippen LogP) is 4.76. The van der Waals surface area contributed by atoms with Gasteiger partial charge >= 0.3 is 31.5 Å². The van der Waals surface area contributed by atoms with Gasteiger partial charge in [0.25, 0.3) is 20.0 Å². The largest absolute Gasteiger partial charge is 2.00 e. The molecule has 0 aliphatic rings. The number of hydrogen-bond donors (Lipinski definition) is 4. The smallest absolute Gasteiger partial charge is 0.366 e. The molecule has 4 aromatic carbocycles. The maximum atomic E-state index is 12.3. The van der Waals surface area contributed by atoms with E-state index >= 15 is 0 Å². The molecule has 20 nitrogen and oxygen atoms in total. The quantitative estimate of drug-likeness (QED) is 0.120. The van der Waals surface area contributed by atoms with E-state index in [0.717, 1.165) is 0 Å². The number of anilines is 2. The number of aromatic nitrogens is 4. The van der Waals surface area contributed by atoms with E-state index in [-0.39, 0.29) is 62.3 Å². The zero-order valence-corrected chi connectivity index (χ0v) is 36.2. The molecule has 59 heavy (non-hydrogen) atoms. The fourth-order valence-corrected chi connectivity index (χ4v) is 7.94. The molecule has 0 saturated carbocycles. The normalized spacial score (nSPS) is 11.3. The maximum Gasteiger partial charge on any atom is 2.00 e. The molecule has 0 atom stereocenters. The Bertz CT molecular complexity index is 2600. The molecule has 0 spiro atoms. The minimum absolute atomic E-state index is 0. The van der Waals surface area contributed by atoms with Crippen LogP contribution < -0.4 is 20.1 Å². The van der Waals surface area contributed by atoms with E-state index in [1.807, 2.05) is 9.44 Å². The Morgan fingerprint density at radius 3 is 1.02 bits per heavy atom. The van der Waals surface area contributed by atoms with E-state index < -0.39 is 52.2 Å². The molecule has 0 aliphatic heterocycles. The summed E-state index contributed by atoms with van der Waals surface area (Å²) in [5.74, 6) is -0.416. The molecule has 2 aromatic heterocycles. The minimum Gasteiger partial charge on any atom is -0.366 e. The van der Waals surface area contributed by atoms with Crippen molar-refractivity contribution in [1.82, 2.24) is 29.4 Å². The number of hydrogen-bond acceptors (Lipinski definition) is 14. The van der Waals surface area contributed by atoms with Gasteiger partial charge in [0.15, 0.2) is 0 Å². The van der Waals surface area contributed by atoms with Crippen LogP contribution in [0.5, 0.6) is 0 Å². The molecule has 0 saturated heterocycles. The van der Waals surface area contributed by atoms with Crippen molar-refractivity contribution in [2.75, 3.05) is 10.6 Å². The van der Waals surface area contributed by atoms with Gasteiger partial charge in [0, 0.05) is 23.3 Å². The summed E-state index contributed by atoms with van der Waals surface area (Å²) in [6, 6.07) is 25.8. The topological polar surface area (TPSA) is 299 Å². The van der Waals surface area contributed by atoms with E-state index in [0.29, 0.717) is 0 Å². The van der Waals surface area contributed by atoms with Crippen molar-refractivity contribution in [2.24, 2.45) is 0 Å². The van der Waals surface area contributed by atoms with Gasteiger partial charge in [-0.2, -0.15) is 0 Å². The molecular formula is C34H28N10O10S4Zn. The summed E-state index contributed by atoms with van der Waals surface area (Å²) in [5, 5.41) is 4.63. The zero-order valence-electron chi connectivity index (χ0n) is 30.0. The third kappa shape index (κ3) is 13.3. The molecule has 6 rings (SSSR count). The van der Waals surface area contributed by atoms with Crippen LogP contribution in [0.2, 0.25) is 0 Å². The zero-order chi connectivity index (χ0) is 41.8. The SMILES string of the molecule is O=C(Nc1ccc(S(=O)(=O)[N-]c2ncccn2)cc1)NS(=O)(=O)c1ccccc1.O=C(Nc1ccc(S(=O)(=O)[N-]c2ncccn2)cc1)NS(=O)(=O)c1ccccc1.[Zn+2]. The third-order valence-electron chi connectivity index (χ3n) is 6.89. The summed E-state index contributed by atoms with van der Waals surface area (Å²) >= 11 is 0. The van der Waals surface area contributed by atoms with Gasteiger partial charge in [-0.3, -0.25) is 9.44 Å². The van der Waals surface area contributed by atoms with Gasteiger partial charge in [-0.25, -0.2) is 52.7 Å². The summed E-state index contributed by atoms with van der Waals surface area (Å²) in [5.41, 5.74) is 0.362. The summed E-state index contributed by atoms with van der Waals surface area (Å²) in [7, 11) is -16.2. The van der Waals surface area contributed by atoms with E-state index in [1.165, 1.54) is 134 Å². The first-order chi connectivity index (χ1) is 27.5. The molecule has 0 fully saturated rings. The van der Waals surface area contributed by atoms with Crippen molar-refractivity contribution < 1.29 is 62.7 Å². The van der Waals surface area contributed by atoms with Crippen molar-refractivity contribution in [2.45, 2.75) is 19.6 Å². The standard InChI is InChI=1S/2C17H15N5O5S2.Zn/c2*23-17(22-29(26,27)14-5-2-1-3-6-14)20-13-7-9-15(10-8-13)28(24,25)21-16-18-11-4-12-19-16;/h2*1-12H,(H3,18,19,20,21,22,23);/q;;+2/p-2. The van der Waals surface area contributed by atoms with Crippen molar-refractivity contribution in [1.29, 1.82) is 0 Å². The van der Waals surface area contributed by atoms with Gasteiger partial charge in [-0.15, -0.1) is 0 Å². The molecule has 300 valence electrons. The second-order valence-electron chi connectivity index (χ2n) is 11.0. The van der Waals surface area contributed by atoms with Crippen LogP contribution in [0.1, 0.15) is 0 Å². The molecule has 6 aromatic rings. The van der Waals surface area contributed by atoms with Gasteiger partial charge in [0.05, 0.1) is 19.6 Å². The van der Waals surface area contributed by atoms with E-state index in [2.05, 4.69) is 40.0 Å². The Hall–Kier alpha value is -6.40. The minimum atomic E-state index is -4.05. The van der Waals surface area contributed by atoms with E-state index in [9.17, 15) is 43.3 Å². The Morgan fingerprint density at radius 2 is 0.712 bits per heavy atom. The molecule has 0 radical (unpaired) electrons. The number of nitrogens with zero attached hydrogens (tertiary/aromatic N) is 6. The number of sulfonamides is 4. The number of carbonyl (C=O) groups is 2. The van der Waals surface area contributed by atoms with Crippen LogP contribution in [-0.2, 0) is 59.6 Å². The van der Waals surface area contributed by atoms with Crippen LogP contribution >= 0.6 is 0 Å². The Kier molecular flexibility index (Phi) is 15.2. The first-order valence-corrected chi connectivity index (χ1v) is 21.8. The first kappa shape index (κ1) is 45.3.